The van der Waals surface area contributed by atoms with Gasteiger partial charge in [-0.1, -0.05) is 29.8 Å². The van der Waals surface area contributed by atoms with Gasteiger partial charge < -0.3 is 5.11 Å². The van der Waals surface area contributed by atoms with E-state index in [4.69, 9.17) is 5.11 Å². The number of carboxylic acids is 1. The Hall–Kier alpha value is -2.30. The van der Waals surface area contributed by atoms with Gasteiger partial charge >= 0.3 is 12.1 Å². The van der Waals surface area contributed by atoms with E-state index in [2.05, 4.69) is 0 Å². The Kier molecular flexibility index (Phi) is 3.53. The standard InChI is InChI=1S/C15H11F3O2/c1-9-5-6-12(14(19)20)13(7-9)10-3-2-4-11(8-10)15(16,17)18/h2-8H,1H3,(H,19,20). The number of rotatable bonds is 2. The third kappa shape index (κ3) is 2.82. The van der Waals surface area contributed by atoms with Crippen LogP contribution in [0.4, 0.5) is 13.2 Å². The molecule has 5 heteroatoms. The fraction of sp³-hybridized carbons (Fsp3) is 0.133. The molecule has 2 aromatic rings. The molecule has 0 saturated heterocycles. The summed E-state index contributed by atoms with van der Waals surface area (Å²) in [5, 5.41) is 9.12. The predicted molar refractivity (Wildman–Crippen MR) is 68.6 cm³/mol. The zero-order chi connectivity index (χ0) is 14.9. The Morgan fingerprint density at radius 2 is 1.80 bits per heavy atom. The normalized spacial score (nSPS) is 11.4. The fourth-order valence-corrected chi connectivity index (χ4v) is 1.95. The van der Waals surface area contributed by atoms with Crippen LogP contribution < -0.4 is 0 Å². The number of benzene rings is 2. The summed E-state index contributed by atoms with van der Waals surface area (Å²) in [5.41, 5.74) is 0.481. The summed E-state index contributed by atoms with van der Waals surface area (Å²) in [5.74, 6) is -1.17. The van der Waals surface area contributed by atoms with Gasteiger partial charge in [-0.3, -0.25) is 0 Å². The molecular weight excluding hydrogens is 269 g/mol. The lowest BCUT2D eigenvalue weighted by Crippen LogP contribution is -2.05. The first-order valence-electron chi connectivity index (χ1n) is 5.80. The third-order valence-corrected chi connectivity index (χ3v) is 2.91. The first kappa shape index (κ1) is 14.1. The molecule has 0 bridgehead atoms. The zero-order valence-electron chi connectivity index (χ0n) is 10.5. The molecule has 104 valence electrons. The number of hydrogen-bond donors (Lipinski definition) is 1. The van der Waals surface area contributed by atoms with Gasteiger partial charge in [0.1, 0.15) is 0 Å². The lowest BCUT2D eigenvalue weighted by atomic mass is 9.96. The zero-order valence-corrected chi connectivity index (χ0v) is 10.5. The van der Waals surface area contributed by atoms with Gasteiger partial charge in [0, 0.05) is 0 Å². The van der Waals surface area contributed by atoms with E-state index < -0.39 is 17.7 Å². The van der Waals surface area contributed by atoms with Gasteiger partial charge in [-0.15, -0.1) is 0 Å². The van der Waals surface area contributed by atoms with Gasteiger partial charge in [0.2, 0.25) is 0 Å². The van der Waals surface area contributed by atoms with Crippen LogP contribution in [0, 0.1) is 6.92 Å². The Morgan fingerprint density at radius 1 is 1.10 bits per heavy atom. The lowest BCUT2D eigenvalue weighted by molar-refractivity contribution is -0.137. The molecule has 2 nitrogen and oxygen atoms in total. The van der Waals surface area contributed by atoms with Gasteiger partial charge in [0.05, 0.1) is 11.1 Å². The van der Waals surface area contributed by atoms with Crippen LogP contribution >= 0.6 is 0 Å². The van der Waals surface area contributed by atoms with Crippen LogP contribution in [0.15, 0.2) is 42.5 Å². The summed E-state index contributed by atoms with van der Waals surface area (Å²) >= 11 is 0. The monoisotopic (exact) mass is 280 g/mol. The molecule has 0 aliphatic rings. The highest BCUT2D eigenvalue weighted by Crippen LogP contribution is 2.33. The van der Waals surface area contributed by atoms with Crippen molar-refractivity contribution in [2.24, 2.45) is 0 Å². The SMILES string of the molecule is Cc1ccc(C(=O)O)c(-c2cccc(C(F)(F)F)c2)c1. The highest BCUT2D eigenvalue weighted by molar-refractivity contribution is 5.96. The van der Waals surface area contributed by atoms with E-state index in [1.54, 1.807) is 19.1 Å². The maximum atomic E-state index is 12.7. The van der Waals surface area contributed by atoms with Crippen LogP contribution in [0.1, 0.15) is 21.5 Å². The van der Waals surface area contributed by atoms with Crippen LogP contribution in [-0.4, -0.2) is 11.1 Å². The maximum absolute atomic E-state index is 12.7. The maximum Gasteiger partial charge on any atom is 0.416 e. The fourth-order valence-electron chi connectivity index (χ4n) is 1.95. The molecule has 0 saturated carbocycles. The minimum absolute atomic E-state index is 0.0186. The molecule has 2 rings (SSSR count). The highest BCUT2D eigenvalue weighted by atomic mass is 19.4. The number of alkyl halides is 3. The minimum Gasteiger partial charge on any atom is -0.478 e. The van der Waals surface area contributed by atoms with Crippen molar-refractivity contribution in [3.63, 3.8) is 0 Å². The van der Waals surface area contributed by atoms with Gasteiger partial charge in [-0.25, -0.2) is 4.79 Å². The number of hydrogen-bond acceptors (Lipinski definition) is 1. The summed E-state index contributed by atoms with van der Waals surface area (Å²) in [6, 6.07) is 9.23. The Bertz CT molecular complexity index is 660. The average Bonchev–Trinajstić information content (AvgIpc) is 2.37. The second-order valence-electron chi connectivity index (χ2n) is 4.43. The molecule has 0 radical (unpaired) electrons. The number of aryl methyl sites for hydroxylation is 1. The molecule has 0 aromatic heterocycles. The average molecular weight is 280 g/mol. The van der Waals surface area contributed by atoms with Crippen molar-refractivity contribution in [3.05, 3.63) is 59.2 Å². The largest absolute Gasteiger partial charge is 0.478 e. The topological polar surface area (TPSA) is 37.3 Å². The van der Waals surface area contributed by atoms with Crippen molar-refractivity contribution in [2.75, 3.05) is 0 Å². The lowest BCUT2D eigenvalue weighted by Gasteiger charge is -2.11. The van der Waals surface area contributed by atoms with Crippen molar-refractivity contribution in [1.29, 1.82) is 0 Å². The van der Waals surface area contributed by atoms with E-state index in [1.165, 1.54) is 18.2 Å². The molecule has 0 fully saturated rings. The van der Waals surface area contributed by atoms with Crippen molar-refractivity contribution in [3.8, 4) is 11.1 Å². The van der Waals surface area contributed by atoms with Gasteiger partial charge in [0.25, 0.3) is 0 Å². The highest BCUT2D eigenvalue weighted by Gasteiger charge is 2.30. The molecule has 0 atom stereocenters. The summed E-state index contributed by atoms with van der Waals surface area (Å²) in [6.45, 7) is 1.75. The first-order valence-corrected chi connectivity index (χ1v) is 5.80. The summed E-state index contributed by atoms with van der Waals surface area (Å²) in [6.07, 6.45) is -4.46. The van der Waals surface area contributed by atoms with E-state index in [-0.39, 0.29) is 16.7 Å². The molecule has 0 aliphatic carbocycles. The van der Waals surface area contributed by atoms with Crippen molar-refractivity contribution < 1.29 is 23.1 Å². The quantitative estimate of drug-likeness (QED) is 0.886. The van der Waals surface area contributed by atoms with Gasteiger partial charge in [-0.2, -0.15) is 13.2 Å². The number of carbonyl (C=O) groups is 1. The van der Waals surface area contributed by atoms with Crippen LogP contribution in [0.5, 0.6) is 0 Å². The van der Waals surface area contributed by atoms with E-state index in [0.717, 1.165) is 17.7 Å². The van der Waals surface area contributed by atoms with E-state index in [1.807, 2.05) is 0 Å². The number of aromatic carboxylic acids is 1. The van der Waals surface area contributed by atoms with Crippen molar-refractivity contribution in [1.82, 2.24) is 0 Å². The molecule has 0 unspecified atom stereocenters. The van der Waals surface area contributed by atoms with E-state index >= 15 is 0 Å². The van der Waals surface area contributed by atoms with Crippen LogP contribution in [0.25, 0.3) is 11.1 Å². The summed E-state index contributed by atoms with van der Waals surface area (Å²) in [7, 11) is 0. The molecule has 1 N–H and O–H groups in total. The van der Waals surface area contributed by atoms with E-state index in [0.29, 0.717) is 0 Å². The Labute approximate surface area is 113 Å². The predicted octanol–water partition coefficient (Wildman–Crippen LogP) is 4.38. The van der Waals surface area contributed by atoms with Gasteiger partial charge in [0.15, 0.2) is 0 Å². The second kappa shape index (κ2) is 5.00. The molecule has 0 aliphatic heterocycles. The number of carboxylic acid groups (broad SMARTS) is 1. The van der Waals surface area contributed by atoms with Crippen molar-refractivity contribution in [2.45, 2.75) is 13.1 Å². The third-order valence-electron chi connectivity index (χ3n) is 2.91. The Morgan fingerprint density at radius 3 is 2.40 bits per heavy atom. The molecule has 20 heavy (non-hydrogen) atoms. The molecule has 0 heterocycles. The van der Waals surface area contributed by atoms with Gasteiger partial charge in [-0.05, 0) is 36.2 Å². The molecule has 0 amide bonds. The minimum atomic E-state index is -4.46. The summed E-state index contributed by atoms with van der Waals surface area (Å²) in [4.78, 5) is 11.2. The smallest absolute Gasteiger partial charge is 0.416 e. The first-order chi connectivity index (χ1) is 9.29. The van der Waals surface area contributed by atoms with Crippen LogP contribution in [-0.2, 0) is 6.18 Å². The molecule has 2 aromatic carbocycles. The molecule has 0 spiro atoms. The Balaban J connectivity index is 2.62. The van der Waals surface area contributed by atoms with Crippen LogP contribution in [0.3, 0.4) is 0 Å². The van der Waals surface area contributed by atoms with Crippen molar-refractivity contribution >= 4 is 5.97 Å². The number of halogens is 3. The summed E-state index contributed by atoms with van der Waals surface area (Å²) < 4.78 is 38.1. The molecular formula is C15H11F3O2. The van der Waals surface area contributed by atoms with E-state index in [9.17, 15) is 18.0 Å². The second-order valence-corrected chi connectivity index (χ2v) is 4.43. The van der Waals surface area contributed by atoms with Crippen LogP contribution in [0.2, 0.25) is 0 Å².